The molecule has 9 rings (SSSR count). The minimum Gasteiger partial charge on any atom is -0.479 e. The first-order chi connectivity index (χ1) is 36.0. The second-order valence-corrected chi connectivity index (χ2v) is 26.4. The van der Waals surface area contributed by atoms with Gasteiger partial charge in [0, 0.05) is 10.8 Å². The van der Waals surface area contributed by atoms with Crippen molar-refractivity contribution in [3.05, 3.63) is 11.6 Å². The average Bonchev–Trinajstić information content (AvgIpc) is 3.54. The highest BCUT2D eigenvalue weighted by Gasteiger charge is 2.70. The van der Waals surface area contributed by atoms with Gasteiger partial charge >= 0.3 is 5.97 Å². The normalized spacial score (nSPS) is 55.7. The topological polar surface area (TPSA) is 374 Å². The molecule has 4 aliphatic heterocycles. The smallest absolute Gasteiger partial charge is 0.335 e. The van der Waals surface area contributed by atoms with Crippen molar-refractivity contribution in [1.82, 2.24) is 0 Å². The van der Waals surface area contributed by atoms with Gasteiger partial charge in [-0.05, 0) is 104 Å². The number of hydrogen-bond acceptors (Lipinski definition) is 22. The summed E-state index contributed by atoms with van der Waals surface area (Å²) in [5.41, 5.74) is -0.457. The van der Waals surface area contributed by atoms with Gasteiger partial charge in [-0.15, -0.1) is 0 Å². The lowest BCUT2D eigenvalue weighted by molar-refractivity contribution is -0.401. The van der Waals surface area contributed by atoms with Gasteiger partial charge in [-0.25, -0.2) is 4.79 Å². The largest absolute Gasteiger partial charge is 0.479 e. The number of carbonyl (C=O) groups is 1. The van der Waals surface area contributed by atoms with Crippen LogP contribution in [0.5, 0.6) is 0 Å². The van der Waals surface area contributed by atoms with E-state index in [9.17, 15) is 76.3 Å². The zero-order valence-electron chi connectivity index (χ0n) is 45.4. The van der Waals surface area contributed by atoms with Crippen LogP contribution < -0.4 is 0 Å². The van der Waals surface area contributed by atoms with Crippen molar-refractivity contribution in [2.24, 2.45) is 50.2 Å². The lowest BCUT2D eigenvalue weighted by Gasteiger charge is -2.72. The second kappa shape index (κ2) is 21.5. The zero-order valence-corrected chi connectivity index (χ0v) is 45.4. The van der Waals surface area contributed by atoms with Crippen LogP contribution in [0, 0.1) is 50.2 Å². The SMILES string of the molecule is C[C@@H]1OC(O[C@H]2[C@@H](O[C@H]3[C@H](O)[C@@H](O[C@@H]4O[C@H](CO)[C@@H](O)[C@H](O)[C@H]4O)[C@H](O[C@H]4CC[C@@]5(C)C(CC[C@]6(C)C5CC=C5C7CC(C)(C)C[C@@H](O)[C@]7(C)CC[C@]56C)[C@@]4(C)CO)O[C@@H]3C(=O)O)O[C@H](CO)[C@@H](O)[C@@H]2O)[C@H](O)[C@H](O)[C@H]1O. The fourth-order valence-electron chi connectivity index (χ4n) is 16.6. The van der Waals surface area contributed by atoms with E-state index in [0.29, 0.717) is 19.3 Å². The molecule has 5 aliphatic carbocycles. The number of carboxylic acid groups (broad SMARTS) is 1. The molecule has 0 bridgehead atoms. The van der Waals surface area contributed by atoms with Gasteiger partial charge < -0.3 is 109 Å². The standard InChI is InChI=1S/C54H88O23/c1-22-31(59)34(62)37(65)45(70-22)75-41-36(64)33(61)26(20-56)72-47(41)74-40-39(67)42(76-46-38(66)35(63)32(60)25(19-55)71-46)48(77-43(40)44(68)69)73-30-12-13-51(5)27(52(30,6)21-57)11-14-54(8)28(51)10-9-23-24-17-49(2,3)18-29(58)50(24,4)15-16-53(23,54)7/h9,22,24-43,45-48,55-67H,10-21H2,1-8H3,(H,68,69)/t22-,24?,25+,26+,27?,28?,29+,30-,31-,32+,33+,34+,35-,36-,37+,38+,39-,40-,41+,42+,43-,45?,46-,47+,48+,50+,51-,52+,53+,54+/m0/s1. The number of rotatable bonds is 12. The molecule has 0 aromatic carbocycles. The van der Waals surface area contributed by atoms with Gasteiger partial charge in [0.15, 0.2) is 31.3 Å². The summed E-state index contributed by atoms with van der Waals surface area (Å²) in [7, 11) is 0. The van der Waals surface area contributed by atoms with E-state index in [0.717, 1.165) is 38.5 Å². The minimum atomic E-state index is -2.21. The highest BCUT2D eigenvalue weighted by Crippen LogP contribution is 2.76. The summed E-state index contributed by atoms with van der Waals surface area (Å²) in [6.07, 6.45) is -29.4. The molecular formula is C54H88O23. The van der Waals surface area contributed by atoms with Crippen molar-refractivity contribution >= 4 is 5.97 Å². The average molecular weight is 1110 g/mol. The number of aliphatic hydroxyl groups excluding tert-OH is 13. The maximum absolute atomic E-state index is 13.4. The van der Waals surface area contributed by atoms with Crippen LogP contribution in [-0.4, -0.2) is 232 Å². The van der Waals surface area contributed by atoms with E-state index in [1.54, 1.807) is 0 Å². The van der Waals surface area contributed by atoms with E-state index in [4.69, 9.17) is 37.9 Å². The molecule has 4 saturated heterocycles. The van der Waals surface area contributed by atoms with E-state index in [-0.39, 0.29) is 51.4 Å². The summed E-state index contributed by atoms with van der Waals surface area (Å²) in [5.74, 6) is -1.47. The Morgan fingerprint density at radius 1 is 0.571 bits per heavy atom. The van der Waals surface area contributed by atoms with E-state index >= 15 is 0 Å². The van der Waals surface area contributed by atoms with Crippen LogP contribution in [0.3, 0.4) is 0 Å². The Labute approximate surface area is 449 Å². The number of hydrogen-bond donors (Lipinski definition) is 14. The Balaban J connectivity index is 1.02. The molecule has 23 heteroatoms. The van der Waals surface area contributed by atoms with E-state index in [2.05, 4.69) is 47.6 Å². The van der Waals surface area contributed by atoms with Crippen molar-refractivity contribution in [3.63, 3.8) is 0 Å². The molecule has 30 atom stereocenters. The second-order valence-electron chi connectivity index (χ2n) is 26.4. The van der Waals surface area contributed by atoms with Crippen LogP contribution in [0.15, 0.2) is 11.6 Å². The Bertz CT molecular complexity index is 2130. The lowest BCUT2D eigenvalue weighted by atomic mass is 9.33. The predicted molar refractivity (Wildman–Crippen MR) is 263 cm³/mol. The Morgan fingerprint density at radius 2 is 1.13 bits per heavy atom. The van der Waals surface area contributed by atoms with E-state index < -0.39 is 160 Å². The number of fused-ring (bicyclic) bond motifs is 7. The Hall–Kier alpha value is -1.63. The molecule has 0 radical (unpaired) electrons. The van der Waals surface area contributed by atoms with Crippen molar-refractivity contribution in [1.29, 1.82) is 0 Å². The van der Waals surface area contributed by atoms with Crippen molar-refractivity contribution in [3.8, 4) is 0 Å². The van der Waals surface area contributed by atoms with Crippen LogP contribution in [0.25, 0.3) is 0 Å². The van der Waals surface area contributed by atoms with Crippen LogP contribution in [0.2, 0.25) is 0 Å². The summed E-state index contributed by atoms with van der Waals surface area (Å²) in [4.78, 5) is 13.4. The Kier molecular flexibility index (Phi) is 16.8. The molecular weight excluding hydrogens is 1020 g/mol. The first-order valence-electron chi connectivity index (χ1n) is 27.8. The van der Waals surface area contributed by atoms with Crippen LogP contribution in [0.4, 0.5) is 0 Å². The summed E-state index contributed by atoms with van der Waals surface area (Å²) >= 11 is 0. The molecule has 23 nitrogen and oxygen atoms in total. The summed E-state index contributed by atoms with van der Waals surface area (Å²) in [6.45, 7) is 15.1. The molecule has 0 aromatic rings. The van der Waals surface area contributed by atoms with Gasteiger partial charge in [0.1, 0.15) is 85.5 Å². The molecule has 4 heterocycles. The van der Waals surface area contributed by atoms with E-state index in [1.165, 1.54) is 12.5 Å². The number of ether oxygens (including phenoxy) is 8. The molecule has 4 saturated carbocycles. The molecule has 14 N–H and O–H groups in total. The van der Waals surface area contributed by atoms with Gasteiger partial charge in [-0.3, -0.25) is 0 Å². The minimum absolute atomic E-state index is 0.0203. The van der Waals surface area contributed by atoms with Gasteiger partial charge in [0.25, 0.3) is 0 Å². The summed E-state index contributed by atoms with van der Waals surface area (Å²) in [6, 6.07) is 0. The highest BCUT2D eigenvalue weighted by molar-refractivity contribution is 5.73. The van der Waals surface area contributed by atoms with E-state index in [1.807, 2.05) is 6.92 Å². The zero-order chi connectivity index (χ0) is 56.4. The van der Waals surface area contributed by atoms with Gasteiger partial charge in [0.2, 0.25) is 0 Å². The number of carboxylic acids is 1. The van der Waals surface area contributed by atoms with Gasteiger partial charge in [-0.1, -0.05) is 60.1 Å². The maximum atomic E-state index is 13.4. The lowest BCUT2D eigenvalue weighted by Crippen LogP contribution is -2.69. The quantitative estimate of drug-likeness (QED) is 0.0783. The van der Waals surface area contributed by atoms with Crippen LogP contribution in [-0.2, 0) is 42.7 Å². The molecule has 9 aliphatic rings. The summed E-state index contributed by atoms with van der Waals surface area (Å²) in [5, 5.41) is 154. The van der Waals surface area contributed by atoms with Crippen molar-refractivity contribution in [2.75, 3.05) is 19.8 Å². The molecule has 77 heavy (non-hydrogen) atoms. The molecule has 0 spiro atoms. The van der Waals surface area contributed by atoms with Gasteiger partial charge in [0.05, 0.1) is 38.1 Å². The fraction of sp³-hybridized carbons (Fsp3) is 0.944. The fourth-order valence-corrected chi connectivity index (χ4v) is 16.6. The molecule has 0 amide bonds. The third kappa shape index (κ3) is 9.70. The first kappa shape index (κ1) is 60.0. The molecule has 4 unspecified atom stereocenters. The number of aliphatic hydroxyl groups is 13. The number of aliphatic carboxylic acids is 1. The number of allylic oxidation sites excluding steroid dienone is 2. The monoisotopic (exact) mass is 1100 g/mol. The van der Waals surface area contributed by atoms with Gasteiger partial charge in [-0.2, -0.15) is 0 Å². The van der Waals surface area contributed by atoms with Crippen molar-refractivity contribution < 1.29 is 114 Å². The molecule has 0 aromatic heterocycles. The molecule has 8 fully saturated rings. The van der Waals surface area contributed by atoms with Crippen molar-refractivity contribution in [2.45, 2.75) is 248 Å². The summed E-state index contributed by atoms with van der Waals surface area (Å²) < 4.78 is 48.3. The predicted octanol–water partition coefficient (Wildman–Crippen LogP) is -1.47. The van der Waals surface area contributed by atoms with Crippen LogP contribution >= 0.6 is 0 Å². The van der Waals surface area contributed by atoms with Crippen LogP contribution in [0.1, 0.15) is 113 Å². The maximum Gasteiger partial charge on any atom is 0.335 e. The third-order valence-corrected chi connectivity index (χ3v) is 21.6. The highest BCUT2D eigenvalue weighted by atomic mass is 16.8. The first-order valence-corrected chi connectivity index (χ1v) is 27.8. The third-order valence-electron chi connectivity index (χ3n) is 21.6. The molecule has 442 valence electrons. The Morgan fingerprint density at radius 3 is 1.74 bits per heavy atom.